The first kappa shape index (κ1) is 14.7. The highest BCUT2D eigenvalue weighted by Crippen LogP contribution is 1.89. The van der Waals surface area contributed by atoms with E-state index in [0.717, 1.165) is 0 Å². The number of carbonyl (C=O) groups is 2. The van der Waals surface area contributed by atoms with E-state index in [9.17, 15) is 19.2 Å². The van der Waals surface area contributed by atoms with Crippen LogP contribution >= 0.6 is 0 Å². The van der Waals surface area contributed by atoms with Crippen LogP contribution < -0.4 is 21.9 Å². The van der Waals surface area contributed by atoms with E-state index < -0.39 is 17.2 Å². The molecule has 104 valence electrons. The van der Waals surface area contributed by atoms with Crippen molar-refractivity contribution in [2.45, 2.75) is 19.9 Å². The molecule has 0 aromatic carbocycles. The lowest BCUT2D eigenvalue weighted by Crippen LogP contribution is -2.37. The molecule has 0 saturated carbocycles. The van der Waals surface area contributed by atoms with Gasteiger partial charge in [-0.15, -0.1) is 0 Å². The molecule has 0 aliphatic carbocycles. The molecular weight excluding hydrogens is 252 g/mol. The van der Waals surface area contributed by atoms with Crippen molar-refractivity contribution >= 4 is 12.3 Å². The maximum Gasteiger partial charge on any atom is 0.328 e. The van der Waals surface area contributed by atoms with Gasteiger partial charge in [0.05, 0.1) is 0 Å². The zero-order valence-corrected chi connectivity index (χ0v) is 10.6. The van der Waals surface area contributed by atoms with Gasteiger partial charge in [-0.05, 0) is 13.3 Å². The molecule has 0 unspecified atom stereocenters. The van der Waals surface area contributed by atoms with E-state index in [1.807, 2.05) is 0 Å². The monoisotopic (exact) mass is 268 g/mol. The Balaban J connectivity index is 2.69. The topological polar surface area (TPSA) is 113 Å². The maximum absolute atomic E-state index is 11.7. The fraction of sp³-hybridized carbons (Fsp3) is 0.455. The zero-order chi connectivity index (χ0) is 14.3. The van der Waals surface area contributed by atoms with Crippen LogP contribution in [-0.4, -0.2) is 35.0 Å². The zero-order valence-electron chi connectivity index (χ0n) is 10.6. The number of aromatic amines is 1. The van der Waals surface area contributed by atoms with Crippen LogP contribution in [0, 0.1) is 0 Å². The smallest absolute Gasteiger partial charge is 0.328 e. The fourth-order valence-corrected chi connectivity index (χ4v) is 1.45. The number of carbonyl (C=O) groups excluding carboxylic acids is 2. The van der Waals surface area contributed by atoms with E-state index in [0.29, 0.717) is 32.5 Å². The van der Waals surface area contributed by atoms with Crippen LogP contribution in [0.1, 0.15) is 23.7 Å². The van der Waals surface area contributed by atoms with E-state index in [1.54, 1.807) is 6.92 Å². The Morgan fingerprint density at radius 3 is 2.79 bits per heavy atom. The molecule has 0 radical (unpaired) electrons. The van der Waals surface area contributed by atoms with Gasteiger partial charge in [0, 0.05) is 25.8 Å². The normalized spacial score (nSPS) is 9.95. The first-order valence-corrected chi connectivity index (χ1v) is 5.89. The number of amides is 2. The lowest BCUT2D eigenvalue weighted by atomic mass is 10.3. The average Bonchev–Trinajstić information content (AvgIpc) is 2.38. The molecule has 0 fully saturated rings. The second-order valence-corrected chi connectivity index (χ2v) is 3.77. The third-order valence-electron chi connectivity index (χ3n) is 2.46. The number of H-pyrrole nitrogens is 1. The minimum absolute atomic E-state index is 0.107. The summed E-state index contributed by atoms with van der Waals surface area (Å²) in [6, 6.07) is 0. The lowest BCUT2D eigenvalue weighted by Gasteiger charge is -2.06. The van der Waals surface area contributed by atoms with Crippen molar-refractivity contribution in [3.05, 3.63) is 32.6 Å². The van der Waals surface area contributed by atoms with E-state index in [2.05, 4.69) is 15.6 Å². The predicted octanol–water partition coefficient (Wildman–Crippen LogP) is -1.58. The van der Waals surface area contributed by atoms with Crippen molar-refractivity contribution in [1.29, 1.82) is 0 Å². The molecule has 0 aliphatic rings. The molecule has 0 atom stereocenters. The summed E-state index contributed by atoms with van der Waals surface area (Å²) < 4.78 is 1.24. The Morgan fingerprint density at radius 1 is 1.42 bits per heavy atom. The van der Waals surface area contributed by atoms with Gasteiger partial charge >= 0.3 is 5.69 Å². The van der Waals surface area contributed by atoms with Gasteiger partial charge in [-0.25, -0.2) is 4.79 Å². The summed E-state index contributed by atoms with van der Waals surface area (Å²) in [7, 11) is 0. The van der Waals surface area contributed by atoms with Gasteiger partial charge in [-0.2, -0.15) is 0 Å². The molecule has 1 aromatic rings. The van der Waals surface area contributed by atoms with Crippen LogP contribution in [0.15, 0.2) is 15.8 Å². The summed E-state index contributed by atoms with van der Waals surface area (Å²) in [5, 5.41) is 4.99. The predicted molar refractivity (Wildman–Crippen MR) is 68.0 cm³/mol. The summed E-state index contributed by atoms with van der Waals surface area (Å²) in [5.74, 6) is -0.547. The number of nitrogens with one attached hydrogen (secondary N) is 3. The molecule has 8 nitrogen and oxygen atoms in total. The Bertz CT molecular complexity index is 561. The summed E-state index contributed by atoms with van der Waals surface area (Å²) in [6.45, 7) is 2.85. The number of hydrogen-bond donors (Lipinski definition) is 3. The third kappa shape index (κ3) is 4.09. The van der Waals surface area contributed by atoms with Crippen LogP contribution in [-0.2, 0) is 11.3 Å². The molecular formula is C11H16N4O4. The molecule has 0 saturated heterocycles. The van der Waals surface area contributed by atoms with E-state index in [-0.39, 0.29) is 5.56 Å². The van der Waals surface area contributed by atoms with E-state index >= 15 is 0 Å². The second kappa shape index (κ2) is 7.14. The van der Waals surface area contributed by atoms with Crippen molar-refractivity contribution in [3.8, 4) is 0 Å². The minimum Gasteiger partial charge on any atom is -0.359 e. The SMILES string of the molecule is CCn1cc(C(=O)NCCCNC=O)c(=O)[nH]c1=O. The van der Waals surface area contributed by atoms with Crippen molar-refractivity contribution in [3.63, 3.8) is 0 Å². The fourth-order valence-electron chi connectivity index (χ4n) is 1.45. The van der Waals surface area contributed by atoms with Crippen molar-refractivity contribution in [2.24, 2.45) is 0 Å². The molecule has 19 heavy (non-hydrogen) atoms. The summed E-state index contributed by atoms with van der Waals surface area (Å²) >= 11 is 0. The van der Waals surface area contributed by atoms with Crippen molar-refractivity contribution in [2.75, 3.05) is 13.1 Å². The van der Waals surface area contributed by atoms with Crippen molar-refractivity contribution in [1.82, 2.24) is 20.2 Å². The first-order chi connectivity index (χ1) is 9.10. The number of aromatic nitrogens is 2. The molecule has 0 bridgehead atoms. The van der Waals surface area contributed by atoms with Crippen LogP contribution in [0.4, 0.5) is 0 Å². The highest BCUT2D eigenvalue weighted by Gasteiger charge is 2.11. The second-order valence-electron chi connectivity index (χ2n) is 3.77. The molecule has 3 N–H and O–H groups in total. The molecule has 2 amide bonds. The first-order valence-electron chi connectivity index (χ1n) is 5.89. The number of aryl methyl sites for hydroxylation is 1. The van der Waals surface area contributed by atoms with Crippen LogP contribution in [0.25, 0.3) is 0 Å². The van der Waals surface area contributed by atoms with Gasteiger partial charge < -0.3 is 15.2 Å². The highest BCUT2D eigenvalue weighted by atomic mass is 16.2. The minimum atomic E-state index is -0.710. The Hall–Kier alpha value is -2.38. The average molecular weight is 268 g/mol. The summed E-state index contributed by atoms with van der Waals surface area (Å²) in [4.78, 5) is 46.6. The van der Waals surface area contributed by atoms with Gasteiger partial charge in [0.1, 0.15) is 5.56 Å². The molecule has 0 spiro atoms. The van der Waals surface area contributed by atoms with Gasteiger partial charge in [-0.3, -0.25) is 19.4 Å². The number of hydrogen-bond acceptors (Lipinski definition) is 4. The summed E-state index contributed by atoms with van der Waals surface area (Å²) in [5.41, 5.74) is -1.36. The molecule has 1 heterocycles. The quantitative estimate of drug-likeness (QED) is 0.409. The number of rotatable bonds is 7. The van der Waals surface area contributed by atoms with Crippen LogP contribution in [0.3, 0.4) is 0 Å². The van der Waals surface area contributed by atoms with Gasteiger partial charge in [-0.1, -0.05) is 0 Å². The van der Waals surface area contributed by atoms with Gasteiger partial charge in [0.25, 0.3) is 11.5 Å². The largest absolute Gasteiger partial charge is 0.359 e. The molecule has 1 rings (SSSR count). The highest BCUT2D eigenvalue weighted by molar-refractivity contribution is 5.93. The Morgan fingerprint density at radius 2 is 2.16 bits per heavy atom. The Kier molecular flexibility index (Phi) is 5.52. The lowest BCUT2D eigenvalue weighted by molar-refractivity contribution is -0.109. The maximum atomic E-state index is 11.7. The van der Waals surface area contributed by atoms with Gasteiger partial charge in [0.15, 0.2) is 0 Å². The summed E-state index contributed by atoms with van der Waals surface area (Å²) in [6.07, 6.45) is 2.36. The van der Waals surface area contributed by atoms with Crippen LogP contribution in [0.5, 0.6) is 0 Å². The van der Waals surface area contributed by atoms with Crippen molar-refractivity contribution < 1.29 is 9.59 Å². The number of nitrogens with zero attached hydrogens (tertiary/aromatic N) is 1. The molecule has 1 aromatic heterocycles. The van der Waals surface area contributed by atoms with Gasteiger partial charge in [0.2, 0.25) is 6.41 Å². The van der Waals surface area contributed by atoms with Crippen LogP contribution in [0.2, 0.25) is 0 Å². The van der Waals surface area contributed by atoms with E-state index in [1.165, 1.54) is 10.8 Å². The standard InChI is InChI=1S/C11H16N4O4/c1-2-15-6-8(10(18)14-11(15)19)9(17)13-5-3-4-12-7-16/h6-7H,2-5H2,1H3,(H,12,16)(H,13,17)(H,14,18,19). The molecule has 8 heteroatoms. The molecule has 0 aliphatic heterocycles. The Labute approximate surface area is 108 Å². The third-order valence-corrected chi connectivity index (χ3v) is 2.46. The van der Waals surface area contributed by atoms with E-state index in [4.69, 9.17) is 0 Å².